The lowest BCUT2D eigenvalue weighted by molar-refractivity contribution is -0.116. The standard InChI is InChI=1S/C24H31Cl2N7O4/c1-27-23-29-13-15-14-33(21-19(25)16(36-4)12-17(37-5)20(21)26)24(35)32(22(15)30-23)11-7-9-28-18(34)8-6-10-31(2)3/h6,8,12-13H,7,9-11,14H2,1-5H3,(H,28,34)(H,27,29,30)/b8-6+. The molecule has 0 radical (unpaired) electrons. The summed E-state index contributed by atoms with van der Waals surface area (Å²) in [5.41, 5.74) is 0.959. The highest BCUT2D eigenvalue weighted by molar-refractivity contribution is 6.42. The number of carbonyl (C=O) groups excluding carboxylic acids is 2. The molecule has 0 unspecified atom stereocenters. The number of nitrogens with one attached hydrogen (secondary N) is 2. The molecule has 11 nitrogen and oxygen atoms in total. The lowest BCUT2D eigenvalue weighted by atomic mass is 10.1. The fourth-order valence-electron chi connectivity index (χ4n) is 3.70. The van der Waals surface area contributed by atoms with E-state index in [9.17, 15) is 9.59 Å². The van der Waals surface area contributed by atoms with E-state index in [1.807, 2.05) is 19.0 Å². The highest BCUT2D eigenvalue weighted by Gasteiger charge is 2.36. The van der Waals surface area contributed by atoms with E-state index in [1.54, 1.807) is 25.4 Å². The number of aromatic nitrogens is 2. The smallest absolute Gasteiger partial charge is 0.330 e. The Hall–Kier alpha value is -3.28. The summed E-state index contributed by atoms with van der Waals surface area (Å²) in [6.07, 6.45) is 5.41. The molecule has 2 aromatic rings. The van der Waals surface area contributed by atoms with Crippen molar-refractivity contribution < 1.29 is 19.1 Å². The van der Waals surface area contributed by atoms with Gasteiger partial charge in [-0.1, -0.05) is 29.3 Å². The molecule has 0 atom stereocenters. The van der Waals surface area contributed by atoms with E-state index in [4.69, 9.17) is 32.7 Å². The highest BCUT2D eigenvalue weighted by Crippen LogP contribution is 2.47. The summed E-state index contributed by atoms with van der Waals surface area (Å²) in [6, 6.07) is 1.18. The van der Waals surface area contributed by atoms with Gasteiger partial charge in [-0.3, -0.25) is 14.6 Å². The van der Waals surface area contributed by atoms with Gasteiger partial charge < -0.3 is 25.0 Å². The van der Waals surface area contributed by atoms with E-state index in [-0.39, 0.29) is 40.8 Å². The van der Waals surface area contributed by atoms with Crippen LogP contribution in [0.1, 0.15) is 12.0 Å². The Balaban J connectivity index is 1.88. The van der Waals surface area contributed by atoms with Crippen LogP contribution in [0.5, 0.6) is 11.5 Å². The van der Waals surface area contributed by atoms with Crippen LogP contribution in [-0.2, 0) is 11.3 Å². The van der Waals surface area contributed by atoms with Crippen molar-refractivity contribution in [3.63, 3.8) is 0 Å². The Morgan fingerprint density at radius 1 is 1.22 bits per heavy atom. The molecule has 1 aliphatic heterocycles. The molecule has 200 valence electrons. The quantitative estimate of drug-likeness (QED) is 0.322. The monoisotopic (exact) mass is 551 g/mol. The number of nitrogens with zero attached hydrogens (tertiary/aromatic N) is 5. The number of likely N-dealkylation sites (N-methyl/N-ethyl adjacent to an activating group) is 1. The maximum Gasteiger partial charge on any atom is 0.330 e. The molecule has 0 aliphatic carbocycles. The number of urea groups is 1. The van der Waals surface area contributed by atoms with Gasteiger partial charge in [0.1, 0.15) is 27.4 Å². The van der Waals surface area contributed by atoms with Crippen molar-refractivity contribution in [3.05, 3.63) is 40.0 Å². The van der Waals surface area contributed by atoms with Gasteiger partial charge in [0.15, 0.2) is 0 Å². The minimum absolute atomic E-state index is 0.137. The molecular formula is C24H31Cl2N7O4. The van der Waals surface area contributed by atoms with E-state index in [0.29, 0.717) is 48.3 Å². The molecule has 0 bridgehead atoms. The maximum absolute atomic E-state index is 13.8. The Morgan fingerprint density at radius 2 is 1.89 bits per heavy atom. The number of benzene rings is 1. The minimum atomic E-state index is -0.385. The summed E-state index contributed by atoms with van der Waals surface area (Å²) in [5, 5.41) is 6.08. The van der Waals surface area contributed by atoms with Gasteiger partial charge in [-0.15, -0.1) is 0 Å². The lowest BCUT2D eigenvalue weighted by Crippen LogP contribution is -2.49. The van der Waals surface area contributed by atoms with Crippen molar-refractivity contribution in [2.24, 2.45) is 0 Å². The van der Waals surface area contributed by atoms with E-state index in [0.717, 1.165) is 0 Å². The number of rotatable bonds is 11. The summed E-state index contributed by atoms with van der Waals surface area (Å²) >= 11 is 13.2. The largest absolute Gasteiger partial charge is 0.495 e. The van der Waals surface area contributed by atoms with E-state index >= 15 is 0 Å². The molecule has 0 fully saturated rings. The van der Waals surface area contributed by atoms with Crippen LogP contribution in [0.3, 0.4) is 0 Å². The molecule has 1 aliphatic rings. The molecule has 2 N–H and O–H groups in total. The van der Waals surface area contributed by atoms with Crippen LogP contribution in [0, 0.1) is 0 Å². The topological polar surface area (TPSA) is 112 Å². The van der Waals surface area contributed by atoms with Crippen molar-refractivity contribution in [2.45, 2.75) is 13.0 Å². The van der Waals surface area contributed by atoms with Gasteiger partial charge in [0, 0.05) is 50.6 Å². The normalized spacial score (nSPS) is 13.2. The first-order chi connectivity index (χ1) is 17.7. The van der Waals surface area contributed by atoms with Crippen LogP contribution in [0.2, 0.25) is 10.0 Å². The van der Waals surface area contributed by atoms with Gasteiger partial charge >= 0.3 is 6.03 Å². The number of fused-ring (bicyclic) bond motifs is 1. The number of anilines is 3. The highest BCUT2D eigenvalue weighted by atomic mass is 35.5. The Labute approximate surface area is 226 Å². The summed E-state index contributed by atoms with van der Waals surface area (Å²) in [5.74, 6) is 1.28. The van der Waals surface area contributed by atoms with Crippen LogP contribution < -0.4 is 29.9 Å². The Bertz CT molecular complexity index is 1150. The first-order valence-corrected chi connectivity index (χ1v) is 12.3. The van der Waals surface area contributed by atoms with Gasteiger partial charge in [0.05, 0.1) is 26.5 Å². The Kier molecular flexibility index (Phi) is 9.79. The second kappa shape index (κ2) is 12.8. The SMILES string of the molecule is CNc1ncc2c(n1)N(CCCNC(=O)/C=C/CN(C)C)C(=O)N(c1c(Cl)c(OC)cc(OC)c1Cl)C2. The first kappa shape index (κ1) is 28.3. The van der Waals surface area contributed by atoms with Crippen LogP contribution >= 0.6 is 23.2 Å². The average molecular weight is 552 g/mol. The Morgan fingerprint density at radius 3 is 2.49 bits per heavy atom. The lowest BCUT2D eigenvalue weighted by Gasteiger charge is -2.37. The van der Waals surface area contributed by atoms with Gasteiger partial charge in [0.25, 0.3) is 0 Å². The van der Waals surface area contributed by atoms with Crippen molar-refractivity contribution >= 4 is 52.6 Å². The third kappa shape index (κ3) is 6.54. The summed E-state index contributed by atoms with van der Waals surface area (Å²) in [7, 11) is 8.47. The summed E-state index contributed by atoms with van der Waals surface area (Å²) in [4.78, 5) is 39.6. The predicted molar refractivity (Wildman–Crippen MR) is 145 cm³/mol. The molecule has 1 aromatic heterocycles. The van der Waals surface area contributed by atoms with Gasteiger partial charge in [-0.2, -0.15) is 4.98 Å². The zero-order chi connectivity index (χ0) is 27.1. The van der Waals surface area contributed by atoms with E-state index in [1.165, 1.54) is 30.1 Å². The van der Waals surface area contributed by atoms with Crippen LogP contribution in [0.15, 0.2) is 24.4 Å². The zero-order valence-electron chi connectivity index (χ0n) is 21.5. The summed E-state index contributed by atoms with van der Waals surface area (Å²) in [6.45, 7) is 1.44. The zero-order valence-corrected chi connectivity index (χ0v) is 23.0. The third-order valence-electron chi connectivity index (χ3n) is 5.53. The molecule has 13 heteroatoms. The molecule has 0 spiro atoms. The second-order valence-electron chi connectivity index (χ2n) is 8.38. The first-order valence-electron chi connectivity index (χ1n) is 11.5. The molecule has 0 saturated heterocycles. The maximum atomic E-state index is 13.8. The third-order valence-corrected chi connectivity index (χ3v) is 6.26. The fraction of sp³-hybridized carbons (Fsp3) is 0.417. The van der Waals surface area contributed by atoms with Crippen LogP contribution in [0.4, 0.5) is 22.2 Å². The van der Waals surface area contributed by atoms with Gasteiger partial charge in [-0.25, -0.2) is 9.78 Å². The number of hydrogen-bond acceptors (Lipinski definition) is 8. The minimum Gasteiger partial charge on any atom is -0.495 e. The number of carbonyl (C=O) groups is 2. The second-order valence-corrected chi connectivity index (χ2v) is 9.14. The molecule has 0 saturated carbocycles. The molecule has 3 amide bonds. The van der Waals surface area contributed by atoms with E-state index < -0.39 is 0 Å². The molecule has 1 aromatic carbocycles. The number of amides is 3. The number of ether oxygens (including phenoxy) is 2. The number of halogens is 2. The number of hydrogen-bond donors (Lipinski definition) is 2. The predicted octanol–water partition coefficient (Wildman–Crippen LogP) is 3.41. The van der Waals surface area contributed by atoms with Crippen molar-refractivity contribution in [2.75, 3.05) is 70.1 Å². The van der Waals surface area contributed by atoms with Crippen molar-refractivity contribution in [3.8, 4) is 11.5 Å². The molecular weight excluding hydrogens is 521 g/mol. The molecule has 2 heterocycles. The molecule has 3 rings (SSSR count). The molecule has 37 heavy (non-hydrogen) atoms. The average Bonchev–Trinajstić information content (AvgIpc) is 2.87. The van der Waals surface area contributed by atoms with Crippen molar-refractivity contribution in [1.29, 1.82) is 0 Å². The van der Waals surface area contributed by atoms with Gasteiger partial charge in [0.2, 0.25) is 11.9 Å². The fourth-order valence-corrected chi connectivity index (χ4v) is 4.41. The van der Waals surface area contributed by atoms with Gasteiger partial charge in [-0.05, 0) is 20.5 Å². The summed E-state index contributed by atoms with van der Waals surface area (Å²) < 4.78 is 10.8. The number of methoxy groups -OCH3 is 2. The van der Waals surface area contributed by atoms with Crippen LogP contribution in [0.25, 0.3) is 0 Å². The van der Waals surface area contributed by atoms with E-state index in [2.05, 4.69) is 20.6 Å². The van der Waals surface area contributed by atoms with Crippen LogP contribution in [-0.4, -0.2) is 81.8 Å². The van der Waals surface area contributed by atoms with Crippen molar-refractivity contribution in [1.82, 2.24) is 20.2 Å².